The zero-order valence-corrected chi connectivity index (χ0v) is 7.08. The van der Waals surface area contributed by atoms with E-state index in [0.717, 1.165) is 12.8 Å². The van der Waals surface area contributed by atoms with Crippen LogP contribution in [-0.2, 0) is 0 Å². The lowest BCUT2D eigenvalue weighted by Crippen LogP contribution is -2.06. The van der Waals surface area contributed by atoms with Gasteiger partial charge in [-0.2, -0.15) is 0 Å². The third-order valence-electron chi connectivity index (χ3n) is 2.01. The van der Waals surface area contributed by atoms with Crippen molar-refractivity contribution >= 4 is 17.6 Å². The predicted octanol–water partition coefficient (Wildman–Crippen LogP) is 2.17. The number of carboxylic acids is 1. The third kappa shape index (κ3) is 1.10. The van der Waals surface area contributed by atoms with E-state index in [1.54, 1.807) is 16.8 Å². The van der Waals surface area contributed by atoms with Gasteiger partial charge in [0.2, 0.25) is 0 Å². The molecule has 0 spiro atoms. The summed E-state index contributed by atoms with van der Waals surface area (Å²) in [4.78, 5) is 10.7. The summed E-state index contributed by atoms with van der Waals surface area (Å²) in [5.74, 6) is -0.947. The molecule has 4 heteroatoms. The average Bonchev–Trinajstić information content (AvgIpc) is 2.75. The molecule has 1 aliphatic rings. The molecule has 64 valence electrons. The van der Waals surface area contributed by atoms with Crippen molar-refractivity contribution in [3.63, 3.8) is 0 Å². The van der Waals surface area contributed by atoms with Crippen molar-refractivity contribution in [1.82, 2.24) is 4.57 Å². The highest BCUT2D eigenvalue weighted by Gasteiger charge is 2.28. The number of hydrogen-bond acceptors (Lipinski definition) is 1. The van der Waals surface area contributed by atoms with Crippen LogP contribution in [0.1, 0.15) is 29.4 Å². The first-order valence-corrected chi connectivity index (χ1v) is 4.17. The summed E-state index contributed by atoms with van der Waals surface area (Å²) >= 11 is 5.71. The van der Waals surface area contributed by atoms with Crippen LogP contribution in [0.5, 0.6) is 0 Å². The van der Waals surface area contributed by atoms with Crippen LogP contribution in [0.4, 0.5) is 0 Å². The number of nitrogens with zero attached hydrogens (tertiary/aromatic N) is 1. The Balaban J connectivity index is 2.46. The molecule has 1 aromatic heterocycles. The minimum atomic E-state index is -0.947. The smallest absolute Gasteiger partial charge is 0.354 e. The molecule has 0 aliphatic heterocycles. The molecular formula is C8H8ClNO2. The van der Waals surface area contributed by atoms with Gasteiger partial charge in [-0.3, -0.25) is 0 Å². The van der Waals surface area contributed by atoms with E-state index in [1.807, 2.05) is 0 Å². The molecule has 0 radical (unpaired) electrons. The minimum Gasteiger partial charge on any atom is -0.477 e. The lowest BCUT2D eigenvalue weighted by Gasteiger charge is -2.02. The molecule has 1 N–H and O–H groups in total. The molecule has 0 unspecified atom stereocenters. The van der Waals surface area contributed by atoms with E-state index in [9.17, 15) is 4.79 Å². The first-order valence-electron chi connectivity index (χ1n) is 3.80. The Bertz CT molecular complexity index is 328. The van der Waals surface area contributed by atoms with Crippen LogP contribution in [0.25, 0.3) is 0 Å². The standard InChI is InChI=1S/C8H8ClNO2/c9-6-3-4-10(5-1-2-5)7(6)8(11)12/h3-5H,1-2H2,(H,11,12). The summed E-state index contributed by atoms with van der Waals surface area (Å²) in [7, 11) is 0. The predicted molar refractivity (Wildman–Crippen MR) is 44.7 cm³/mol. The Kier molecular flexibility index (Phi) is 1.61. The molecule has 3 nitrogen and oxygen atoms in total. The molecule has 1 aliphatic carbocycles. The van der Waals surface area contributed by atoms with Gasteiger partial charge in [-0.05, 0) is 18.9 Å². The van der Waals surface area contributed by atoms with Gasteiger partial charge >= 0.3 is 5.97 Å². The summed E-state index contributed by atoms with van der Waals surface area (Å²) in [6, 6.07) is 1.99. The molecule has 0 amide bonds. The molecule has 1 saturated carbocycles. The maximum absolute atomic E-state index is 10.7. The zero-order valence-electron chi connectivity index (χ0n) is 6.33. The lowest BCUT2D eigenvalue weighted by atomic mass is 10.4. The maximum atomic E-state index is 10.7. The second-order valence-corrected chi connectivity index (χ2v) is 3.36. The third-order valence-corrected chi connectivity index (χ3v) is 2.31. The summed E-state index contributed by atoms with van der Waals surface area (Å²) in [5.41, 5.74) is 0.221. The number of rotatable bonds is 2. The van der Waals surface area contributed by atoms with Crippen LogP contribution < -0.4 is 0 Å². The van der Waals surface area contributed by atoms with Crippen LogP contribution >= 0.6 is 11.6 Å². The van der Waals surface area contributed by atoms with Gasteiger partial charge in [0, 0.05) is 12.2 Å². The van der Waals surface area contributed by atoms with Crippen molar-refractivity contribution in [2.24, 2.45) is 0 Å². The van der Waals surface area contributed by atoms with Crippen LogP contribution in [0.2, 0.25) is 5.02 Å². The van der Waals surface area contributed by atoms with Crippen molar-refractivity contribution < 1.29 is 9.90 Å². The van der Waals surface area contributed by atoms with E-state index in [-0.39, 0.29) is 5.69 Å². The number of aromatic carboxylic acids is 1. The topological polar surface area (TPSA) is 42.2 Å². The van der Waals surface area contributed by atoms with Crippen molar-refractivity contribution in [1.29, 1.82) is 0 Å². The number of carbonyl (C=O) groups is 1. The second kappa shape index (κ2) is 2.52. The van der Waals surface area contributed by atoms with Gasteiger partial charge in [0.25, 0.3) is 0 Å². The van der Waals surface area contributed by atoms with Crippen LogP contribution in [0, 0.1) is 0 Å². The number of halogens is 1. The molecule has 0 saturated heterocycles. The second-order valence-electron chi connectivity index (χ2n) is 2.96. The fourth-order valence-electron chi connectivity index (χ4n) is 1.29. The highest BCUT2D eigenvalue weighted by molar-refractivity contribution is 6.33. The van der Waals surface area contributed by atoms with Gasteiger partial charge in [-0.25, -0.2) is 4.79 Å². The monoisotopic (exact) mass is 185 g/mol. The fraction of sp³-hybridized carbons (Fsp3) is 0.375. The van der Waals surface area contributed by atoms with E-state index in [0.29, 0.717) is 11.1 Å². The molecule has 2 rings (SSSR count). The van der Waals surface area contributed by atoms with Crippen LogP contribution in [0.3, 0.4) is 0 Å². The Morgan fingerprint density at radius 3 is 2.83 bits per heavy atom. The average molecular weight is 186 g/mol. The molecule has 1 fully saturated rings. The zero-order chi connectivity index (χ0) is 8.72. The molecule has 1 heterocycles. The Morgan fingerprint density at radius 1 is 1.67 bits per heavy atom. The van der Waals surface area contributed by atoms with Crippen molar-refractivity contribution in [3.8, 4) is 0 Å². The van der Waals surface area contributed by atoms with Gasteiger partial charge in [0.05, 0.1) is 5.02 Å². The van der Waals surface area contributed by atoms with E-state index < -0.39 is 5.97 Å². The summed E-state index contributed by atoms with van der Waals surface area (Å²) in [5, 5.41) is 9.13. The normalized spacial score (nSPS) is 16.4. The molecule has 1 aromatic rings. The van der Waals surface area contributed by atoms with Gasteiger partial charge in [0.15, 0.2) is 0 Å². The maximum Gasteiger partial charge on any atom is 0.354 e. The van der Waals surface area contributed by atoms with Crippen molar-refractivity contribution in [2.45, 2.75) is 18.9 Å². The van der Waals surface area contributed by atoms with Gasteiger partial charge in [0.1, 0.15) is 5.69 Å². The Labute approximate surface area is 74.6 Å². The van der Waals surface area contributed by atoms with Crippen molar-refractivity contribution in [2.75, 3.05) is 0 Å². The molecular weight excluding hydrogens is 178 g/mol. The summed E-state index contributed by atoms with van der Waals surface area (Å²) in [6.07, 6.45) is 3.86. The summed E-state index contributed by atoms with van der Waals surface area (Å²) in [6.45, 7) is 0. The molecule has 12 heavy (non-hydrogen) atoms. The number of hydrogen-bond donors (Lipinski definition) is 1. The first kappa shape index (κ1) is 7.68. The van der Waals surface area contributed by atoms with E-state index in [1.165, 1.54) is 0 Å². The van der Waals surface area contributed by atoms with Crippen LogP contribution in [-0.4, -0.2) is 15.6 Å². The summed E-state index contributed by atoms with van der Waals surface area (Å²) < 4.78 is 1.74. The lowest BCUT2D eigenvalue weighted by molar-refractivity contribution is 0.0685. The fourth-order valence-corrected chi connectivity index (χ4v) is 1.53. The van der Waals surface area contributed by atoms with E-state index in [4.69, 9.17) is 16.7 Å². The Hall–Kier alpha value is -0.960. The van der Waals surface area contributed by atoms with Gasteiger partial charge in [-0.15, -0.1) is 0 Å². The van der Waals surface area contributed by atoms with Crippen LogP contribution in [0.15, 0.2) is 12.3 Å². The number of carboxylic acid groups (broad SMARTS) is 1. The van der Waals surface area contributed by atoms with Crippen molar-refractivity contribution in [3.05, 3.63) is 23.0 Å². The number of aromatic nitrogens is 1. The van der Waals surface area contributed by atoms with E-state index >= 15 is 0 Å². The quantitative estimate of drug-likeness (QED) is 0.768. The minimum absolute atomic E-state index is 0.221. The first-order chi connectivity index (χ1) is 5.70. The molecule has 0 aromatic carbocycles. The SMILES string of the molecule is O=C(O)c1c(Cl)ccn1C1CC1. The molecule has 0 bridgehead atoms. The highest BCUT2D eigenvalue weighted by Crippen LogP contribution is 2.37. The van der Waals surface area contributed by atoms with Gasteiger partial charge < -0.3 is 9.67 Å². The largest absolute Gasteiger partial charge is 0.477 e. The molecule has 0 atom stereocenters. The highest BCUT2D eigenvalue weighted by atomic mass is 35.5. The van der Waals surface area contributed by atoms with Gasteiger partial charge in [-0.1, -0.05) is 11.6 Å². The van der Waals surface area contributed by atoms with E-state index in [2.05, 4.69) is 0 Å². The Morgan fingerprint density at radius 2 is 2.33 bits per heavy atom.